The third-order valence-corrected chi connectivity index (χ3v) is 12.2. The summed E-state index contributed by atoms with van der Waals surface area (Å²) in [5.74, 6) is -0.705. The molecule has 6 rings (SSSR count). The van der Waals surface area contributed by atoms with Gasteiger partial charge in [-0.15, -0.1) is 0 Å². The molecule has 2 saturated heterocycles. The van der Waals surface area contributed by atoms with Crippen molar-refractivity contribution in [2.45, 2.75) is 85.2 Å². The van der Waals surface area contributed by atoms with Crippen molar-refractivity contribution in [1.82, 2.24) is 19.5 Å². The molecule has 2 aliphatic heterocycles. The maximum atomic E-state index is 12.5. The molecule has 25 heteroatoms. The number of thioether (sulfide) groups is 1. The van der Waals surface area contributed by atoms with Crippen molar-refractivity contribution < 1.29 is 101 Å². The van der Waals surface area contributed by atoms with Gasteiger partial charge >= 0.3 is 29.6 Å². The number of phosphoric ester groups is 2. The van der Waals surface area contributed by atoms with Gasteiger partial charge < -0.3 is 60.2 Å². The number of aromatic nitrogens is 5. The number of carbonyl (C=O) groups excluding carboxylic acids is 1. The Morgan fingerprint density at radius 1 is 1.02 bits per heavy atom. The van der Waals surface area contributed by atoms with E-state index < -0.39 is 83.8 Å². The Morgan fingerprint density at radius 3 is 2.29 bits per heavy atom. The van der Waals surface area contributed by atoms with Crippen LogP contribution in [0.15, 0.2) is 36.0 Å². The summed E-state index contributed by atoms with van der Waals surface area (Å²) < 4.78 is 52.3. The molecule has 8 N–H and O–H groups in total. The number of imidazole rings is 1. The summed E-state index contributed by atoms with van der Waals surface area (Å²) >= 11 is 1.42. The molecule has 51 heavy (non-hydrogen) atoms. The van der Waals surface area contributed by atoms with Crippen molar-refractivity contribution in [3.05, 3.63) is 36.4 Å². The van der Waals surface area contributed by atoms with Crippen molar-refractivity contribution in [3.8, 4) is 0 Å². The molecule has 0 spiro atoms. The first-order valence-corrected chi connectivity index (χ1v) is 19.1. The summed E-state index contributed by atoms with van der Waals surface area (Å²) in [6, 6.07) is 2.82. The molecule has 0 radical (unpaired) electrons. The van der Waals surface area contributed by atoms with Gasteiger partial charge in [-0.1, -0.05) is 24.6 Å². The van der Waals surface area contributed by atoms with Crippen LogP contribution in [0.4, 0.5) is 5.82 Å². The zero-order chi connectivity index (χ0) is 36.0. The number of rotatable bonds is 13. The van der Waals surface area contributed by atoms with E-state index in [1.165, 1.54) is 51.7 Å². The van der Waals surface area contributed by atoms with Crippen molar-refractivity contribution in [3.63, 3.8) is 0 Å². The van der Waals surface area contributed by atoms with Crippen LogP contribution in [0.1, 0.15) is 48.5 Å². The summed E-state index contributed by atoms with van der Waals surface area (Å²) in [5, 5.41) is 43.1. The van der Waals surface area contributed by atoms with Gasteiger partial charge in [-0.25, -0.2) is 19.3 Å². The van der Waals surface area contributed by atoms with E-state index in [4.69, 9.17) is 20.9 Å². The van der Waals surface area contributed by atoms with E-state index in [-0.39, 0.29) is 57.4 Å². The molecule has 3 aliphatic rings. The van der Waals surface area contributed by atoms with Crippen LogP contribution < -0.4 is 55.4 Å². The van der Waals surface area contributed by atoms with Gasteiger partial charge in [-0.2, -0.15) is 4.57 Å². The molecule has 2 unspecified atom stereocenters. The Morgan fingerprint density at radius 2 is 1.65 bits per heavy atom. The van der Waals surface area contributed by atoms with Gasteiger partial charge in [0.2, 0.25) is 0 Å². The number of nitrogens with zero attached hydrogens (tertiary/aromatic N) is 5. The minimum absolute atomic E-state index is 0. The number of amides is 1. The fourth-order valence-electron chi connectivity index (χ4n) is 5.86. The maximum absolute atomic E-state index is 12.5. The number of pyridine rings is 1. The Kier molecular flexibility index (Phi) is 13.0. The summed E-state index contributed by atoms with van der Waals surface area (Å²) in [4.78, 5) is 49.1. The molecule has 1 amide bonds. The van der Waals surface area contributed by atoms with Gasteiger partial charge in [-0.3, -0.25) is 18.5 Å². The Balaban J connectivity index is 0.00000504. The largest absolute Gasteiger partial charge is 1.00 e. The molecule has 274 valence electrons. The molecule has 3 aromatic rings. The van der Waals surface area contributed by atoms with Crippen LogP contribution in [0, 0.1) is 0 Å². The molecular formula is C26H34N7NaO14P2S. The normalized spacial score (nSPS) is 30.6. The predicted octanol–water partition coefficient (Wildman–Crippen LogP) is -5.24. The number of fused-ring (bicyclic) bond motifs is 1. The van der Waals surface area contributed by atoms with Crippen LogP contribution in [0.2, 0.25) is 0 Å². The van der Waals surface area contributed by atoms with Crippen LogP contribution in [0.3, 0.4) is 0 Å². The van der Waals surface area contributed by atoms with Crippen molar-refractivity contribution in [2.24, 2.45) is 5.73 Å². The molecule has 3 fully saturated rings. The second-order valence-electron chi connectivity index (χ2n) is 11.8. The summed E-state index contributed by atoms with van der Waals surface area (Å²) in [6.07, 6.45) is -4.52. The quantitative estimate of drug-likeness (QED) is 0.0536. The van der Waals surface area contributed by atoms with E-state index in [1.807, 2.05) is 0 Å². The zero-order valence-corrected chi connectivity index (χ0v) is 31.5. The first-order chi connectivity index (χ1) is 23.6. The summed E-state index contributed by atoms with van der Waals surface area (Å²) in [7, 11) is -11.4. The zero-order valence-electron chi connectivity index (χ0n) is 26.9. The number of ether oxygens (including phenoxy) is 2. The molecular weight excluding hydrogens is 751 g/mol. The first kappa shape index (κ1) is 40.5. The number of hydrogen-bond donors (Lipinski definition) is 6. The molecule has 1 aliphatic carbocycles. The third-order valence-electron chi connectivity index (χ3n) is 8.37. The second kappa shape index (κ2) is 16.4. The van der Waals surface area contributed by atoms with E-state index in [2.05, 4.69) is 28.3 Å². The van der Waals surface area contributed by atoms with E-state index in [1.54, 1.807) is 0 Å². The topological polar surface area (TPSA) is 324 Å². The Hall–Kier alpha value is -1.66. The van der Waals surface area contributed by atoms with E-state index in [9.17, 15) is 44.1 Å². The Labute approximate surface area is 315 Å². The molecule has 1 saturated carbocycles. The molecule has 3 aromatic heterocycles. The number of aliphatic hydroxyl groups is 4. The van der Waals surface area contributed by atoms with Crippen LogP contribution in [-0.4, -0.2) is 101 Å². The summed E-state index contributed by atoms with van der Waals surface area (Å²) in [5.41, 5.74) is 11.8. The monoisotopic (exact) mass is 785 g/mol. The fourth-order valence-corrected chi connectivity index (χ4v) is 9.19. The predicted molar refractivity (Wildman–Crippen MR) is 163 cm³/mol. The minimum atomic E-state index is -5.72. The molecule has 5 heterocycles. The number of primary amides is 1. The van der Waals surface area contributed by atoms with Gasteiger partial charge in [0.15, 0.2) is 46.9 Å². The van der Waals surface area contributed by atoms with Crippen molar-refractivity contribution >= 4 is 50.3 Å². The molecule has 0 aromatic carbocycles. The van der Waals surface area contributed by atoms with Crippen molar-refractivity contribution in [1.29, 1.82) is 0 Å². The number of carbonyl (C=O) groups is 1. The van der Waals surface area contributed by atoms with E-state index in [0.717, 1.165) is 25.7 Å². The fraction of sp³-hybridized carbons (Fsp3) is 0.577. The van der Waals surface area contributed by atoms with Crippen molar-refractivity contribution in [2.75, 3.05) is 18.9 Å². The van der Waals surface area contributed by atoms with Crippen LogP contribution in [-0.2, 0) is 32.0 Å². The second-order valence-corrected chi connectivity index (χ2v) is 16.0. The third kappa shape index (κ3) is 9.01. The number of nitrogens with two attached hydrogens (primary N) is 2. The molecule has 10 atom stereocenters. The smallest absolute Gasteiger partial charge is 0.756 e. The van der Waals surface area contributed by atoms with E-state index in [0.29, 0.717) is 5.16 Å². The van der Waals surface area contributed by atoms with E-state index >= 15 is 0 Å². The minimum Gasteiger partial charge on any atom is -0.756 e. The number of aliphatic hydroxyl groups excluding tert-OH is 4. The summed E-state index contributed by atoms with van der Waals surface area (Å²) in [6.45, 7) is -1.97. The van der Waals surface area contributed by atoms with Gasteiger partial charge in [-0.05, 0) is 18.9 Å². The maximum Gasteiger partial charge on any atom is 1.00 e. The van der Waals surface area contributed by atoms with Gasteiger partial charge in [0.1, 0.15) is 42.4 Å². The van der Waals surface area contributed by atoms with Gasteiger partial charge in [0, 0.05) is 11.3 Å². The molecule has 21 nitrogen and oxygen atoms in total. The van der Waals surface area contributed by atoms with Gasteiger partial charge in [0.05, 0.1) is 13.2 Å². The number of hydrogen-bond acceptors (Lipinski definition) is 19. The average Bonchev–Trinajstić information content (AvgIpc) is 3.83. The average molecular weight is 786 g/mol. The standard InChI is InChI=1S/C26H35N7O14P2S.Na/c27-21-16-23(30-11-29-21)33(26(31-16)50-13-5-1-2-6-13)25-20(37)18(35)15(46-25)10-44-49(41,42)47-48(39,40)43-9-14-17(34)19(36)24(45-14)32-7-3-4-12(8-32)22(28)38;/h3-4,7-8,11,13-15,17-20,24-25,34-37H,1-2,5-6,9-10H2,(H5-,27,28,29,30,38,39,40,41,42);/q;+1/p-1/t14-,15-,17-,18-,19-,20-,24-,25-;/m1./s1. The van der Waals surface area contributed by atoms with Crippen LogP contribution in [0.5, 0.6) is 0 Å². The molecule has 0 bridgehead atoms. The first-order valence-electron chi connectivity index (χ1n) is 15.3. The van der Waals surface area contributed by atoms with Gasteiger partial charge in [0.25, 0.3) is 27.8 Å². The van der Waals surface area contributed by atoms with Crippen LogP contribution in [0.25, 0.3) is 11.2 Å². The van der Waals surface area contributed by atoms with Crippen LogP contribution >= 0.6 is 27.4 Å². The number of nitrogen functional groups attached to an aromatic ring is 1. The number of anilines is 1. The Bertz CT molecular complexity index is 1820. The SMILES string of the molecule is NC(=O)c1ccc[n+]([C@@H]2O[C@H](COP(=O)([O-])OP(=O)([O-])OC[C@H]3O[C@@H](n4c(SC5CCCC5)nc5c(N)ncnc54)[C@H](O)[C@@H]3O)[C@@H](O)[C@H]2O)c1.[Na+]. The number of phosphoric acid groups is 2.